The second kappa shape index (κ2) is 10.7. The van der Waals surface area contributed by atoms with Gasteiger partial charge in [0.25, 0.3) is 0 Å². The maximum Gasteiger partial charge on any atom is 0.341 e. The summed E-state index contributed by atoms with van der Waals surface area (Å²) in [6.07, 6.45) is 5.63. The van der Waals surface area contributed by atoms with Crippen molar-refractivity contribution in [1.29, 1.82) is 0 Å². The lowest BCUT2D eigenvalue weighted by Gasteiger charge is -2.36. The molecule has 0 aliphatic heterocycles. The zero-order valence-electron chi connectivity index (χ0n) is 19.7. The Morgan fingerprint density at radius 3 is 2.34 bits per heavy atom. The average molecular weight is 438 g/mol. The summed E-state index contributed by atoms with van der Waals surface area (Å²) < 4.78 is 11.2. The molecule has 0 spiro atoms. The summed E-state index contributed by atoms with van der Waals surface area (Å²) >= 11 is 0. The van der Waals surface area contributed by atoms with Crippen LogP contribution in [0.25, 0.3) is 0 Å². The van der Waals surface area contributed by atoms with Crippen molar-refractivity contribution in [3.05, 3.63) is 59.2 Å². The van der Waals surface area contributed by atoms with Crippen molar-refractivity contribution in [3.8, 4) is 5.75 Å². The normalized spacial score (nSPS) is 16.1. The molecule has 1 saturated carbocycles. The fraction of sp³-hybridized carbons (Fsp3) is 0.481. The van der Waals surface area contributed by atoms with Crippen molar-refractivity contribution in [2.24, 2.45) is 0 Å². The number of rotatable bonds is 8. The molecule has 1 atom stereocenters. The summed E-state index contributed by atoms with van der Waals surface area (Å²) in [7, 11) is 0. The Bertz CT molecular complexity index is 929. The van der Waals surface area contributed by atoms with Crippen LogP contribution in [0.4, 0.5) is 5.69 Å². The van der Waals surface area contributed by atoms with Gasteiger partial charge in [0.05, 0.1) is 18.1 Å². The summed E-state index contributed by atoms with van der Waals surface area (Å²) in [6.45, 7) is 8.08. The molecule has 0 aromatic heterocycles. The van der Waals surface area contributed by atoms with Crippen LogP contribution in [0.1, 0.15) is 80.8 Å². The molecule has 3 rings (SSSR count). The number of ether oxygens (including phenoxy) is 2. The number of amides is 1. The molecule has 1 N–H and O–H groups in total. The minimum absolute atomic E-state index is 0.0218. The standard InChI is InChI=1S/C27H35NO4/c1-5-20(4)32-24-15-14-22(18-23(24)25(29)31-6-2)28-26(30)27(16-8-7-9-17-27)21-12-10-19(3)11-13-21/h10-15,18,20H,5-9,16-17H2,1-4H3,(H,28,30)/t20-/m0/s1. The van der Waals surface area contributed by atoms with Gasteiger partial charge in [-0.3, -0.25) is 4.79 Å². The van der Waals surface area contributed by atoms with E-state index in [0.29, 0.717) is 17.0 Å². The third-order valence-electron chi connectivity index (χ3n) is 6.38. The Balaban J connectivity index is 1.91. The number of hydrogen-bond donors (Lipinski definition) is 1. The third-order valence-corrected chi connectivity index (χ3v) is 6.38. The van der Waals surface area contributed by atoms with Gasteiger partial charge in [0, 0.05) is 5.69 Å². The fourth-order valence-electron chi connectivity index (χ4n) is 4.30. The van der Waals surface area contributed by atoms with Gasteiger partial charge in [-0.15, -0.1) is 0 Å². The molecule has 32 heavy (non-hydrogen) atoms. The summed E-state index contributed by atoms with van der Waals surface area (Å²) in [5, 5.41) is 3.10. The molecule has 0 radical (unpaired) electrons. The maximum absolute atomic E-state index is 13.6. The van der Waals surface area contributed by atoms with Crippen LogP contribution in [0.2, 0.25) is 0 Å². The Kier molecular flexibility index (Phi) is 7.94. The van der Waals surface area contributed by atoms with Crippen LogP contribution in [0.3, 0.4) is 0 Å². The molecule has 0 unspecified atom stereocenters. The molecule has 172 valence electrons. The van der Waals surface area contributed by atoms with Crippen LogP contribution >= 0.6 is 0 Å². The minimum atomic E-state index is -0.554. The van der Waals surface area contributed by atoms with E-state index in [1.54, 1.807) is 25.1 Å². The monoisotopic (exact) mass is 437 g/mol. The van der Waals surface area contributed by atoms with Crippen LogP contribution in [0.15, 0.2) is 42.5 Å². The van der Waals surface area contributed by atoms with Crippen LogP contribution in [0, 0.1) is 6.92 Å². The van der Waals surface area contributed by atoms with Crippen molar-refractivity contribution < 1.29 is 19.1 Å². The van der Waals surface area contributed by atoms with Crippen LogP contribution < -0.4 is 10.1 Å². The number of aryl methyl sites for hydroxylation is 1. The lowest BCUT2D eigenvalue weighted by Crippen LogP contribution is -2.42. The topological polar surface area (TPSA) is 64.6 Å². The molecule has 2 aromatic rings. The van der Waals surface area contributed by atoms with Gasteiger partial charge in [-0.25, -0.2) is 4.79 Å². The highest BCUT2D eigenvalue weighted by Crippen LogP contribution is 2.41. The zero-order chi connectivity index (χ0) is 23.1. The number of anilines is 1. The highest BCUT2D eigenvalue weighted by atomic mass is 16.5. The Morgan fingerprint density at radius 1 is 1.03 bits per heavy atom. The van der Waals surface area contributed by atoms with E-state index in [4.69, 9.17) is 9.47 Å². The minimum Gasteiger partial charge on any atom is -0.490 e. The van der Waals surface area contributed by atoms with Gasteiger partial charge in [-0.05, 0) is 63.8 Å². The van der Waals surface area contributed by atoms with Crippen molar-refractivity contribution in [2.45, 2.75) is 77.7 Å². The molecular formula is C27H35NO4. The van der Waals surface area contributed by atoms with Crippen molar-refractivity contribution in [1.82, 2.24) is 0 Å². The zero-order valence-corrected chi connectivity index (χ0v) is 19.7. The second-order valence-electron chi connectivity index (χ2n) is 8.73. The summed E-state index contributed by atoms with van der Waals surface area (Å²) in [5.74, 6) is 0.000913. The summed E-state index contributed by atoms with van der Waals surface area (Å²) in [6, 6.07) is 13.5. The van der Waals surface area contributed by atoms with Gasteiger partial charge in [-0.2, -0.15) is 0 Å². The Morgan fingerprint density at radius 2 is 1.72 bits per heavy atom. The first-order chi connectivity index (χ1) is 15.4. The lowest BCUT2D eigenvalue weighted by molar-refractivity contribution is -0.122. The van der Waals surface area contributed by atoms with Crippen LogP contribution in [0.5, 0.6) is 5.75 Å². The predicted octanol–water partition coefficient (Wildman–Crippen LogP) is 6.19. The smallest absolute Gasteiger partial charge is 0.341 e. The number of carbonyl (C=O) groups excluding carboxylic acids is 2. The van der Waals surface area contributed by atoms with E-state index in [2.05, 4.69) is 36.5 Å². The maximum atomic E-state index is 13.6. The van der Waals surface area contributed by atoms with Crippen molar-refractivity contribution >= 4 is 17.6 Å². The van der Waals surface area contributed by atoms with E-state index in [0.717, 1.165) is 44.1 Å². The third kappa shape index (κ3) is 5.32. The van der Waals surface area contributed by atoms with E-state index in [-0.39, 0.29) is 18.6 Å². The number of hydrogen-bond acceptors (Lipinski definition) is 4. The van der Waals surface area contributed by atoms with E-state index in [9.17, 15) is 9.59 Å². The van der Waals surface area contributed by atoms with E-state index < -0.39 is 11.4 Å². The van der Waals surface area contributed by atoms with Gasteiger partial charge in [-0.1, -0.05) is 56.0 Å². The SMILES string of the molecule is CCOC(=O)c1cc(NC(=O)C2(c3ccc(C)cc3)CCCCC2)ccc1O[C@@H](C)CC. The van der Waals surface area contributed by atoms with Gasteiger partial charge >= 0.3 is 5.97 Å². The first kappa shape index (κ1) is 23.8. The first-order valence-corrected chi connectivity index (χ1v) is 11.8. The number of benzene rings is 2. The number of nitrogens with one attached hydrogen (secondary N) is 1. The highest BCUT2D eigenvalue weighted by molar-refractivity contribution is 6.01. The van der Waals surface area contributed by atoms with Crippen molar-refractivity contribution in [2.75, 3.05) is 11.9 Å². The first-order valence-electron chi connectivity index (χ1n) is 11.8. The van der Waals surface area contributed by atoms with Gasteiger partial charge < -0.3 is 14.8 Å². The number of esters is 1. The Hall–Kier alpha value is -2.82. The molecular weight excluding hydrogens is 402 g/mol. The molecule has 1 fully saturated rings. The van der Waals surface area contributed by atoms with Crippen LogP contribution in [-0.2, 0) is 14.9 Å². The van der Waals surface area contributed by atoms with Gasteiger partial charge in [0.15, 0.2) is 0 Å². The average Bonchev–Trinajstić information content (AvgIpc) is 2.80. The van der Waals surface area contributed by atoms with Crippen LogP contribution in [-0.4, -0.2) is 24.6 Å². The van der Waals surface area contributed by atoms with Gasteiger partial charge in [0.2, 0.25) is 5.91 Å². The summed E-state index contributed by atoms with van der Waals surface area (Å²) in [5.41, 5.74) is 2.59. The second-order valence-corrected chi connectivity index (χ2v) is 8.73. The summed E-state index contributed by atoms with van der Waals surface area (Å²) in [4.78, 5) is 26.2. The fourth-order valence-corrected chi connectivity index (χ4v) is 4.30. The molecule has 5 nitrogen and oxygen atoms in total. The molecule has 1 aliphatic rings. The molecule has 5 heteroatoms. The molecule has 2 aromatic carbocycles. The molecule has 0 bridgehead atoms. The highest BCUT2D eigenvalue weighted by Gasteiger charge is 2.41. The Labute approximate surface area is 191 Å². The lowest BCUT2D eigenvalue weighted by atomic mass is 9.68. The quantitative estimate of drug-likeness (QED) is 0.500. The molecule has 0 saturated heterocycles. The number of carbonyl (C=O) groups is 2. The van der Waals surface area contributed by atoms with E-state index >= 15 is 0 Å². The molecule has 1 amide bonds. The van der Waals surface area contributed by atoms with Crippen molar-refractivity contribution in [3.63, 3.8) is 0 Å². The largest absolute Gasteiger partial charge is 0.490 e. The molecule has 0 heterocycles. The van der Waals surface area contributed by atoms with E-state index in [1.807, 2.05) is 13.8 Å². The predicted molar refractivity (Wildman–Crippen MR) is 127 cm³/mol. The molecule has 1 aliphatic carbocycles. The van der Waals surface area contributed by atoms with Gasteiger partial charge in [0.1, 0.15) is 11.3 Å². The van der Waals surface area contributed by atoms with E-state index in [1.165, 1.54) is 5.56 Å².